The summed E-state index contributed by atoms with van der Waals surface area (Å²) in [5.74, 6) is 0.718. The van der Waals surface area contributed by atoms with Gasteiger partial charge >= 0.3 is 0 Å². The van der Waals surface area contributed by atoms with Gasteiger partial charge in [-0.25, -0.2) is 4.98 Å². The number of rotatable bonds is 9. The van der Waals surface area contributed by atoms with Crippen LogP contribution in [-0.4, -0.2) is 27.4 Å². The van der Waals surface area contributed by atoms with Crippen molar-refractivity contribution >= 4 is 16.8 Å². The minimum Gasteiger partial charge on any atom is -0.336 e. The lowest BCUT2D eigenvalue weighted by molar-refractivity contribution is -0.132. The van der Waals surface area contributed by atoms with Crippen LogP contribution in [-0.2, 0) is 4.79 Å². The first-order valence-corrected chi connectivity index (χ1v) is 11.7. The van der Waals surface area contributed by atoms with E-state index in [0.717, 1.165) is 42.5 Å². The van der Waals surface area contributed by atoms with E-state index in [9.17, 15) is 9.59 Å². The standard InChI is InChI=1S/C27H35N3O2/c1-6-8-9-10-15-25(31)29(5)23(7-2)26-28-22-14-12-11-13-21(22)27(32)30(26)24-17-16-19(3)18-20(24)4/h11-14,16-18,23H,6-10,15H2,1-5H3. The van der Waals surface area contributed by atoms with Gasteiger partial charge in [0.05, 0.1) is 22.6 Å². The average molecular weight is 434 g/mol. The molecule has 1 aromatic heterocycles. The molecule has 3 aromatic rings. The Bertz CT molecular complexity index is 1150. The first-order valence-electron chi connectivity index (χ1n) is 11.7. The molecule has 170 valence electrons. The van der Waals surface area contributed by atoms with Gasteiger partial charge in [0.15, 0.2) is 0 Å². The molecule has 0 saturated heterocycles. The summed E-state index contributed by atoms with van der Waals surface area (Å²) in [5, 5.41) is 0.583. The lowest BCUT2D eigenvalue weighted by atomic mass is 10.1. The van der Waals surface area contributed by atoms with Crippen LogP contribution in [0.25, 0.3) is 16.6 Å². The van der Waals surface area contributed by atoms with Gasteiger partial charge in [0, 0.05) is 13.5 Å². The number of hydrogen-bond acceptors (Lipinski definition) is 3. The average Bonchev–Trinajstić information content (AvgIpc) is 2.78. The number of fused-ring (bicyclic) bond motifs is 1. The highest BCUT2D eigenvalue weighted by atomic mass is 16.2. The van der Waals surface area contributed by atoms with E-state index in [4.69, 9.17) is 4.98 Å². The van der Waals surface area contributed by atoms with E-state index in [1.165, 1.54) is 0 Å². The molecule has 1 unspecified atom stereocenters. The smallest absolute Gasteiger partial charge is 0.266 e. The second-order valence-electron chi connectivity index (χ2n) is 8.66. The van der Waals surface area contributed by atoms with Gasteiger partial charge in [-0.1, -0.05) is 62.9 Å². The second-order valence-corrected chi connectivity index (χ2v) is 8.66. The van der Waals surface area contributed by atoms with Gasteiger partial charge in [-0.05, 0) is 50.5 Å². The highest BCUT2D eigenvalue weighted by Crippen LogP contribution is 2.27. The van der Waals surface area contributed by atoms with E-state index >= 15 is 0 Å². The van der Waals surface area contributed by atoms with Crippen molar-refractivity contribution in [2.24, 2.45) is 0 Å². The number of benzene rings is 2. The van der Waals surface area contributed by atoms with Gasteiger partial charge < -0.3 is 4.90 Å². The van der Waals surface area contributed by atoms with Crippen molar-refractivity contribution in [1.29, 1.82) is 0 Å². The minimum absolute atomic E-state index is 0.0974. The molecule has 5 nitrogen and oxygen atoms in total. The third kappa shape index (κ3) is 4.93. The summed E-state index contributed by atoms with van der Waals surface area (Å²) in [7, 11) is 1.84. The molecule has 0 bridgehead atoms. The number of para-hydroxylation sites is 1. The normalized spacial score (nSPS) is 12.2. The number of aryl methyl sites for hydroxylation is 2. The maximum absolute atomic E-state index is 13.7. The van der Waals surface area contributed by atoms with Crippen LogP contribution in [0.2, 0.25) is 0 Å². The molecule has 0 fully saturated rings. The van der Waals surface area contributed by atoms with Gasteiger partial charge in [-0.2, -0.15) is 0 Å². The van der Waals surface area contributed by atoms with E-state index in [2.05, 4.69) is 13.0 Å². The first-order chi connectivity index (χ1) is 15.4. The summed E-state index contributed by atoms with van der Waals surface area (Å²) in [6.07, 6.45) is 5.44. The molecular weight excluding hydrogens is 398 g/mol. The molecule has 3 rings (SSSR count). The monoisotopic (exact) mass is 433 g/mol. The fourth-order valence-corrected chi connectivity index (χ4v) is 4.35. The molecule has 0 aliphatic carbocycles. The molecule has 1 heterocycles. The van der Waals surface area contributed by atoms with Crippen molar-refractivity contribution in [3.8, 4) is 5.69 Å². The van der Waals surface area contributed by atoms with Crippen LogP contribution in [0.3, 0.4) is 0 Å². The maximum Gasteiger partial charge on any atom is 0.266 e. The molecule has 0 spiro atoms. The predicted octanol–water partition coefficient (Wildman–Crippen LogP) is 5.88. The van der Waals surface area contributed by atoms with E-state index < -0.39 is 0 Å². The van der Waals surface area contributed by atoms with Crippen molar-refractivity contribution in [3.63, 3.8) is 0 Å². The zero-order valence-corrected chi connectivity index (χ0v) is 20.0. The topological polar surface area (TPSA) is 55.2 Å². The van der Waals surface area contributed by atoms with Crippen LogP contribution >= 0.6 is 0 Å². The van der Waals surface area contributed by atoms with Gasteiger partial charge in [-0.15, -0.1) is 0 Å². The summed E-state index contributed by atoms with van der Waals surface area (Å²) in [6.45, 7) is 8.26. The van der Waals surface area contributed by atoms with E-state index in [0.29, 0.717) is 29.6 Å². The van der Waals surface area contributed by atoms with Gasteiger partial charge in [0.2, 0.25) is 5.91 Å². The Morgan fingerprint density at radius 1 is 1.06 bits per heavy atom. The molecule has 32 heavy (non-hydrogen) atoms. The third-order valence-corrected chi connectivity index (χ3v) is 6.18. The summed E-state index contributed by atoms with van der Waals surface area (Å²) in [6, 6.07) is 13.2. The molecule has 0 aliphatic heterocycles. The number of carbonyl (C=O) groups is 1. The molecule has 1 atom stereocenters. The maximum atomic E-state index is 13.7. The molecule has 0 N–H and O–H groups in total. The molecule has 5 heteroatoms. The summed E-state index contributed by atoms with van der Waals surface area (Å²) in [5.41, 5.74) is 3.53. The first kappa shape index (κ1) is 23.7. The number of amides is 1. The van der Waals surface area contributed by atoms with E-state index in [1.807, 2.05) is 64.2 Å². The Labute approximate surface area is 191 Å². The second kappa shape index (κ2) is 10.6. The van der Waals surface area contributed by atoms with Gasteiger partial charge in [0.25, 0.3) is 5.56 Å². The quantitative estimate of drug-likeness (QED) is 0.396. The Balaban J connectivity index is 2.12. The van der Waals surface area contributed by atoms with Crippen LogP contribution in [0, 0.1) is 13.8 Å². The van der Waals surface area contributed by atoms with Crippen LogP contribution < -0.4 is 5.56 Å². The number of carbonyl (C=O) groups excluding carboxylic acids is 1. The van der Waals surface area contributed by atoms with Crippen molar-refractivity contribution in [2.45, 2.75) is 72.3 Å². The summed E-state index contributed by atoms with van der Waals surface area (Å²) in [4.78, 5) is 33.4. The Kier molecular flexibility index (Phi) is 7.84. The van der Waals surface area contributed by atoms with Crippen LogP contribution in [0.15, 0.2) is 47.3 Å². The number of nitrogens with zero attached hydrogens (tertiary/aromatic N) is 3. The van der Waals surface area contributed by atoms with Crippen molar-refractivity contribution in [2.75, 3.05) is 7.05 Å². The Morgan fingerprint density at radius 2 is 1.81 bits per heavy atom. The number of unbranched alkanes of at least 4 members (excludes halogenated alkanes) is 3. The molecule has 0 radical (unpaired) electrons. The van der Waals surface area contributed by atoms with Crippen molar-refractivity contribution < 1.29 is 4.79 Å². The lowest BCUT2D eigenvalue weighted by Crippen LogP contribution is -2.36. The van der Waals surface area contributed by atoms with Crippen LogP contribution in [0.1, 0.15) is 75.4 Å². The molecular formula is C27H35N3O2. The number of hydrogen-bond donors (Lipinski definition) is 0. The zero-order valence-electron chi connectivity index (χ0n) is 20.0. The van der Waals surface area contributed by atoms with Gasteiger partial charge in [0.1, 0.15) is 5.82 Å². The minimum atomic E-state index is -0.285. The van der Waals surface area contributed by atoms with Gasteiger partial charge in [-0.3, -0.25) is 14.2 Å². The van der Waals surface area contributed by atoms with E-state index in [-0.39, 0.29) is 17.5 Å². The molecule has 2 aromatic carbocycles. The Morgan fingerprint density at radius 3 is 2.50 bits per heavy atom. The lowest BCUT2D eigenvalue weighted by Gasteiger charge is -2.29. The highest BCUT2D eigenvalue weighted by Gasteiger charge is 2.26. The fraction of sp³-hybridized carbons (Fsp3) is 0.444. The highest BCUT2D eigenvalue weighted by molar-refractivity contribution is 5.79. The van der Waals surface area contributed by atoms with Crippen LogP contribution in [0.5, 0.6) is 0 Å². The third-order valence-electron chi connectivity index (χ3n) is 6.18. The van der Waals surface area contributed by atoms with Crippen molar-refractivity contribution in [3.05, 3.63) is 69.8 Å². The SMILES string of the molecule is CCCCCCC(=O)N(C)C(CC)c1nc2ccccc2c(=O)n1-c1ccc(C)cc1C. The number of aromatic nitrogens is 2. The largest absolute Gasteiger partial charge is 0.336 e. The van der Waals surface area contributed by atoms with Crippen LogP contribution in [0.4, 0.5) is 0 Å². The fourth-order valence-electron chi connectivity index (χ4n) is 4.35. The Hall–Kier alpha value is -2.95. The molecule has 1 amide bonds. The predicted molar refractivity (Wildman–Crippen MR) is 131 cm³/mol. The van der Waals surface area contributed by atoms with Crippen molar-refractivity contribution in [1.82, 2.24) is 14.5 Å². The summed E-state index contributed by atoms with van der Waals surface area (Å²) < 4.78 is 1.71. The molecule has 0 saturated carbocycles. The molecule has 0 aliphatic rings. The summed E-state index contributed by atoms with van der Waals surface area (Å²) >= 11 is 0. The van der Waals surface area contributed by atoms with E-state index in [1.54, 1.807) is 9.47 Å². The zero-order chi connectivity index (χ0) is 23.3.